The number of nitrogens with zero attached hydrogens (tertiary/aromatic N) is 2. The zero-order valence-electron chi connectivity index (χ0n) is 14.2. The Morgan fingerprint density at radius 2 is 2.17 bits per heavy atom. The Bertz CT molecular complexity index is 695. The lowest BCUT2D eigenvalue weighted by Crippen LogP contribution is -2.21. The predicted octanol–water partition coefficient (Wildman–Crippen LogP) is 2.22. The Balaban J connectivity index is 1.90. The molecule has 0 aliphatic heterocycles. The normalized spacial score (nSPS) is 11.0. The van der Waals surface area contributed by atoms with Gasteiger partial charge < -0.3 is 15.4 Å². The van der Waals surface area contributed by atoms with Crippen LogP contribution in [0.4, 0.5) is 0 Å². The van der Waals surface area contributed by atoms with Crippen molar-refractivity contribution in [1.29, 1.82) is 0 Å². The molecule has 24 heavy (non-hydrogen) atoms. The average molecular weight is 351 g/mol. The summed E-state index contributed by atoms with van der Waals surface area (Å²) in [5.41, 5.74) is 9.59. The fourth-order valence-corrected chi connectivity index (χ4v) is 2.80. The quantitative estimate of drug-likeness (QED) is 0.764. The van der Waals surface area contributed by atoms with Gasteiger partial charge in [-0.1, -0.05) is 17.7 Å². The van der Waals surface area contributed by atoms with E-state index in [0.717, 1.165) is 36.5 Å². The number of H-pyrrole nitrogens is 1. The van der Waals surface area contributed by atoms with Crippen LogP contribution in [0.25, 0.3) is 0 Å². The molecular formula is C17H23ClN4O2. The predicted molar refractivity (Wildman–Crippen MR) is 94.2 cm³/mol. The van der Waals surface area contributed by atoms with Gasteiger partial charge in [-0.2, -0.15) is 5.10 Å². The zero-order chi connectivity index (χ0) is 17.7. The van der Waals surface area contributed by atoms with Crippen LogP contribution in [-0.4, -0.2) is 41.2 Å². The molecule has 0 unspecified atom stereocenters. The second-order valence-electron chi connectivity index (χ2n) is 5.92. The fraction of sp³-hybridized carbons (Fsp3) is 0.412. The van der Waals surface area contributed by atoms with Crippen LogP contribution in [0.15, 0.2) is 18.2 Å². The van der Waals surface area contributed by atoms with E-state index in [0.29, 0.717) is 10.8 Å². The van der Waals surface area contributed by atoms with Gasteiger partial charge in [-0.25, -0.2) is 0 Å². The summed E-state index contributed by atoms with van der Waals surface area (Å²) in [5.74, 6) is -0.0637. The van der Waals surface area contributed by atoms with Gasteiger partial charge in [0, 0.05) is 18.8 Å². The Morgan fingerprint density at radius 3 is 2.75 bits per heavy atom. The van der Waals surface area contributed by atoms with Crippen LogP contribution in [0.3, 0.4) is 0 Å². The molecule has 0 bridgehead atoms. The van der Waals surface area contributed by atoms with Gasteiger partial charge in [-0.15, -0.1) is 0 Å². The highest BCUT2D eigenvalue weighted by Crippen LogP contribution is 2.26. The highest BCUT2D eigenvalue weighted by Gasteiger charge is 2.09. The number of carbonyl (C=O) groups is 1. The number of aromatic nitrogens is 2. The van der Waals surface area contributed by atoms with E-state index in [1.54, 1.807) is 6.07 Å². The number of aryl methyl sites for hydroxylation is 2. The van der Waals surface area contributed by atoms with Crippen LogP contribution in [0.5, 0.6) is 5.75 Å². The lowest BCUT2D eigenvalue weighted by Gasteiger charge is -2.17. The molecule has 0 aliphatic rings. The van der Waals surface area contributed by atoms with Crippen molar-refractivity contribution in [3.63, 3.8) is 0 Å². The Labute approximate surface area is 146 Å². The number of nitrogens with one attached hydrogen (secondary N) is 1. The van der Waals surface area contributed by atoms with Crippen LogP contribution >= 0.6 is 11.6 Å². The molecule has 1 amide bonds. The second-order valence-corrected chi connectivity index (χ2v) is 6.33. The number of benzene rings is 1. The third kappa shape index (κ3) is 4.97. The van der Waals surface area contributed by atoms with Gasteiger partial charge in [0.25, 0.3) is 5.91 Å². The number of carbonyl (C=O) groups excluding carboxylic acids is 1. The number of halogens is 1. The number of rotatable bonds is 8. The van der Waals surface area contributed by atoms with Crippen LogP contribution in [0, 0.1) is 13.8 Å². The Kier molecular flexibility index (Phi) is 6.23. The molecule has 6 nitrogen and oxygen atoms in total. The van der Waals surface area contributed by atoms with Crippen molar-refractivity contribution in [3.05, 3.63) is 45.7 Å². The maximum atomic E-state index is 10.8. The molecule has 2 aromatic rings. The molecular weight excluding hydrogens is 328 g/mol. The van der Waals surface area contributed by atoms with Crippen molar-refractivity contribution in [2.45, 2.75) is 26.8 Å². The highest BCUT2D eigenvalue weighted by molar-refractivity contribution is 6.32. The number of aromatic amines is 1. The number of primary amides is 1. The van der Waals surface area contributed by atoms with Gasteiger partial charge >= 0.3 is 0 Å². The third-order valence-electron chi connectivity index (χ3n) is 3.84. The second kappa shape index (κ2) is 8.17. The molecule has 0 fully saturated rings. The molecule has 1 aromatic carbocycles. The standard InChI is InChI=1S/C17H23ClN4O2/c1-11-14(12(2)21-20-11)6-7-22(3)9-13-4-5-16(15(18)8-13)24-10-17(19)23/h4-5,8H,6-7,9-10H2,1-3H3,(H2,19,23)(H,20,21). The van der Waals surface area contributed by atoms with E-state index in [2.05, 4.69) is 22.1 Å². The van der Waals surface area contributed by atoms with Gasteiger partial charge in [-0.05, 0) is 50.6 Å². The molecule has 130 valence electrons. The summed E-state index contributed by atoms with van der Waals surface area (Å²) in [6.45, 7) is 5.57. The van der Waals surface area contributed by atoms with Crippen LogP contribution in [0.2, 0.25) is 5.02 Å². The third-order valence-corrected chi connectivity index (χ3v) is 4.14. The van der Waals surface area contributed by atoms with E-state index < -0.39 is 5.91 Å². The Hall–Kier alpha value is -2.05. The summed E-state index contributed by atoms with van der Waals surface area (Å²) in [6, 6.07) is 5.55. The maximum Gasteiger partial charge on any atom is 0.255 e. The first-order valence-electron chi connectivity index (χ1n) is 7.75. The molecule has 0 spiro atoms. The minimum absolute atomic E-state index is 0.178. The van der Waals surface area contributed by atoms with Gasteiger partial charge in [0.15, 0.2) is 6.61 Å². The number of ether oxygens (including phenoxy) is 1. The first kappa shape index (κ1) is 18.3. The minimum Gasteiger partial charge on any atom is -0.482 e. The van der Waals surface area contributed by atoms with Crippen molar-refractivity contribution < 1.29 is 9.53 Å². The molecule has 0 saturated heterocycles. The topological polar surface area (TPSA) is 84.2 Å². The van der Waals surface area contributed by atoms with E-state index in [1.165, 1.54) is 5.56 Å². The van der Waals surface area contributed by atoms with Gasteiger partial charge in [0.1, 0.15) is 5.75 Å². The molecule has 0 radical (unpaired) electrons. The first-order valence-corrected chi connectivity index (χ1v) is 8.13. The summed E-state index contributed by atoms with van der Waals surface area (Å²) in [5, 5.41) is 7.71. The van der Waals surface area contributed by atoms with Crippen molar-refractivity contribution in [2.24, 2.45) is 5.73 Å². The van der Waals surface area contributed by atoms with Crippen molar-refractivity contribution >= 4 is 17.5 Å². The molecule has 0 saturated carbocycles. The molecule has 7 heteroatoms. The summed E-state index contributed by atoms with van der Waals surface area (Å²) >= 11 is 6.19. The van der Waals surface area contributed by atoms with Crippen LogP contribution in [0.1, 0.15) is 22.5 Å². The Morgan fingerprint density at radius 1 is 1.42 bits per heavy atom. The molecule has 1 aromatic heterocycles. The SMILES string of the molecule is Cc1n[nH]c(C)c1CCN(C)Cc1ccc(OCC(N)=O)c(Cl)c1. The van der Waals surface area contributed by atoms with Gasteiger partial charge in [0.2, 0.25) is 0 Å². The van der Waals surface area contributed by atoms with Crippen molar-refractivity contribution in [2.75, 3.05) is 20.2 Å². The molecule has 0 atom stereocenters. The van der Waals surface area contributed by atoms with E-state index in [9.17, 15) is 4.79 Å². The maximum absolute atomic E-state index is 10.8. The lowest BCUT2D eigenvalue weighted by atomic mass is 10.1. The highest BCUT2D eigenvalue weighted by atomic mass is 35.5. The summed E-state index contributed by atoms with van der Waals surface area (Å²) < 4.78 is 5.25. The average Bonchev–Trinajstić information content (AvgIpc) is 2.83. The van der Waals surface area contributed by atoms with E-state index in [-0.39, 0.29) is 6.61 Å². The number of hydrogen-bond acceptors (Lipinski definition) is 4. The fourth-order valence-electron chi connectivity index (χ4n) is 2.54. The van der Waals surface area contributed by atoms with E-state index in [4.69, 9.17) is 22.1 Å². The number of hydrogen-bond donors (Lipinski definition) is 2. The minimum atomic E-state index is -0.528. The monoisotopic (exact) mass is 350 g/mol. The zero-order valence-corrected chi connectivity index (χ0v) is 15.0. The van der Waals surface area contributed by atoms with Crippen LogP contribution < -0.4 is 10.5 Å². The van der Waals surface area contributed by atoms with E-state index in [1.807, 2.05) is 26.0 Å². The number of likely N-dealkylation sites (N-methyl/N-ethyl adjacent to an activating group) is 1. The molecule has 3 N–H and O–H groups in total. The van der Waals surface area contributed by atoms with Crippen LogP contribution in [-0.2, 0) is 17.8 Å². The molecule has 2 rings (SSSR count). The first-order chi connectivity index (χ1) is 11.4. The number of amides is 1. The van der Waals surface area contributed by atoms with Gasteiger partial charge in [-0.3, -0.25) is 9.89 Å². The van der Waals surface area contributed by atoms with Crippen molar-refractivity contribution in [3.8, 4) is 5.75 Å². The number of nitrogens with two attached hydrogens (primary N) is 1. The van der Waals surface area contributed by atoms with Gasteiger partial charge in [0.05, 0.1) is 10.7 Å². The van der Waals surface area contributed by atoms with E-state index >= 15 is 0 Å². The summed E-state index contributed by atoms with van der Waals surface area (Å²) in [4.78, 5) is 13.0. The molecule has 0 aliphatic carbocycles. The largest absolute Gasteiger partial charge is 0.482 e. The summed E-state index contributed by atoms with van der Waals surface area (Å²) in [7, 11) is 2.07. The summed E-state index contributed by atoms with van der Waals surface area (Å²) in [6.07, 6.45) is 0.943. The molecule has 1 heterocycles. The van der Waals surface area contributed by atoms with Crippen molar-refractivity contribution in [1.82, 2.24) is 15.1 Å². The lowest BCUT2D eigenvalue weighted by molar-refractivity contribution is -0.119. The smallest absolute Gasteiger partial charge is 0.255 e.